The molecule has 0 aliphatic carbocycles. The van der Waals surface area contributed by atoms with E-state index < -0.39 is 0 Å². The normalized spacial score (nSPS) is 25.7. The Hall–Kier alpha value is -1.35. The number of nitrogens with zero attached hydrogens (tertiary/aromatic N) is 2. The summed E-state index contributed by atoms with van der Waals surface area (Å²) >= 11 is 0. The van der Waals surface area contributed by atoms with Crippen molar-refractivity contribution in [1.29, 1.82) is 0 Å². The van der Waals surface area contributed by atoms with Crippen LogP contribution in [0.2, 0.25) is 0 Å². The van der Waals surface area contributed by atoms with Crippen molar-refractivity contribution < 1.29 is 5.11 Å². The minimum Gasteiger partial charge on any atom is -0.395 e. The Kier molecular flexibility index (Phi) is 2.25. The van der Waals surface area contributed by atoms with Gasteiger partial charge < -0.3 is 5.11 Å². The van der Waals surface area contributed by atoms with E-state index in [9.17, 15) is 5.11 Å². The van der Waals surface area contributed by atoms with Gasteiger partial charge in [-0.1, -0.05) is 25.1 Å². The summed E-state index contributed by atoms with van der Waals surface area (Å²) in [7, 11) is 0. The predicted octanol–water partition coefficient (Wildman–Crippen LogP) is 1.49. The molecule has 0 aromatic heterocycles. The molecule has 1 aromatic rings. The maximum Gasteiger partial charge on any atom is 0.0594 e. The first kappa shape index (κ1) is 9.21. The first-order valence-corrected chi connectivity index (χ1v) is 4.72. The van der Waals surface area contributed by atoms with E-state index in [1.54, 1.807) is 0 Å². The Bertz CT molecular complexity index is 336. The van der Waals surface area contributed by atoms with Gasteiger partial charge in [0, 0.05) is 11.6 Å². The van der Waals surface area contributed by atoms with Gasteiger partial charge in [-0.25, -0.2) is 0 Å². The molecule has 2 rings (SSSR count). The number of anilines is 1. The Morgan fingerprint density at radius 1 is 1.43 bits per heavy atom. The van der Waals surface area contributed by atoms with Crippen LogP contribution in [0.5, 0.6) is 0 Å². The zero-order valence-corrected chi connectivity index (χ0v) is 8.22. The highest BCUT2D eigenvalue weighted by Gasteiger charge is 2.29. The van der Waals surface area contributed by atoms with Crippen LogP contribution in [0.25, 0.3) is 0 Å². The number of aliphatic hydroxyl groups is 1. The summed E-state index contributed by atoms with van der Waals surface area (Å²) in [5.41, 5.74) is 0.872. The molecule has 1 aliphatic heterocycles. The Labute approximate surface area is 83.7 Å². The summed E-state index contributed by atoms with van der Waals surface area (Å²) < 4.78 is 0. The Balaban J connectivity index is 2.15. The van der Waals surface area contributed by atoms with Crippen molar-refractivity contribution in [2.75, 3.05) is 18.2 Å². The Morgan fingerprint density at radius 3 is 2.71 bits per heavy atom. The maximum absolute atomic E-state index is 9.17. The lowest BCUT2D eigenvalue weighted by Gasteiger charge is -2.20. The van der Waals surface area contributed by atoms with Gasteiger partial charge in [-0.3, -0.25) is 5.01 Å². The van der Waals surface area contributed by atoms with Crippen molar-refractivity contribution in [1.82, 2.24) is 0 Å². The molecule has 0 spiro atoms. The summed E-state index contributed by atoms with van der Waals surface area (Å²) in [6, 6.07) is 9.98. The van der Waals surface area contributed by atoms with Gasteiger partial charge in [0.15, 0.2) is 0 Å². The molecule has 1 atom stereocenters. The van der Waals surface area contributed by atoms with Gasteiger partial charge in [-0.05, 0) is 12.1 Å². The van der Waals surface area contributed by atoms with E-state index in [1.165, 1.54) is 0 Å². The molecule has 14 heavy (non-hydrogen) atoms. The van der Waals surface area contributed by atoms with Gasteiger partial charge in [-0.15, -0.1) is 0 Å². The van der Waals surface area contributed by atoms with Crippen LogP contribution >= 0.6 is 0 Å². The number of hydrogen-bond donors (Lipinski definition) is 1. The van der Waals surface area contributed by atoms with Crippen molar-refractivity contribution in [3.8, 4) is 0 Å². The Morgan fingerprint density at radius 2 is 2.14 bits per heavy atom. The van der Waals surface area contributed by atoms with E-state index in [-0.39, 0.29) is 12.0 Å². The van der Waals surface area contributed by atoms with E-state index in [2.05, 4.69) is 5.10 Å². The van der Waals surface area contributed by atoms with Crippen LogP contribution in [0, 0.1) is 5.41 Å². The number of rotatable bonds is 2. The molecule has 1 heterocycles. The molecule has 0 fully saturated rings. The smallest absolute Gasteiger partial charge is 0.0594 e. The lowest BCUT2D eigenvalue weighted by molar-refractivity contribution is 0.212. The molecule has 0 saturated heterocycles. The lowest BCUT2D eigenvalue weighted by Crippen LogP contribution is -2.29. The highest BCUT2D eigenvalue weighted by Crippen LogP contribution is 2.25. The van der Waals surface area contributed by atoms with Crippen LogP contribution in [-0.4, -0.2) is 24.5 Å². The first-order chi connectivity index (χ1) is 6.73. The highest BCUT2D eigenvalue weighted by atomic mass is 16.3. The van der Waals surface area contributed by atoms with Crippen LogP contribution in [-0.2, 0) is 0 Å². The minimum atomic E-state index is -0.199. The second kappa shape index (κ2) is 3.42. The third-order valence-corrected chi connectivity index (χ3v) is 2.44. The molecule has 1 aromatic carbocycles. The fourth-order valence-electron chi connectivity index (χ4n) is 1.48. The van der Waals surface area contributed by atoms with Crippen molar-refractivity contribution in [3.05, 3.63) is 30.3 Å². The molecule has 0 saturated carbocycles. The number of para-hydroxylation sites is 1. The van der Waals surface area contributed by atoms with Crippen LogP contribution in [0.1, 0.15) is 6.92 Å². The van der Waals surface area contributed by atoms with Gasteiger partial charge in [0.1, 0.15) is 0 Å². The average Bonchev–Trinajstić information content (AvgIpc) is 2.63. The van der Waals surface area contributed by atoms with E-state index in [0.717, 1.165) is 12.2 Å². The minimum absolute atomic E-state index is 0.139. The summed E-state index contributed by atoms with van der Waals surface area (Å²) in [6.07, 6.45) is 1.82. The van der Waals surface area contributed by atoms with Crippen LogP contribution in [0.15, 0.2) is 35.4 Å². The molecule has 1 aliphatic rings. The predicted molar refractivity (Wildman–Crippen MR) is 57.5 cm³/mol. The molecule has 3 nitrogen and oxygen atoms in total. The zero-order valence-electron chi connectivity index (χ0n) is 8.22. The second-order valence-corrected chi connectivity index (χ2v) is 3.95. The summed E-state index contributed by atoms with van der Waals surface area (Å²) in [5, 5.41) is 15.4. The third-order valence-electron chi connectivity index (χ3n) is 2.44. The number of aliphatic hydroxyl groups excluding tert-OH is 1. The fourth-order valence-corrected chi connectivity index (χ4v) is 1.48. The molecule has 74 valence electrons. The van der Waals surface area contributed by atoms with Crippen molar-refractivity contribution in [2.45, 2.75) is 6.92 Å². The molecular formula is C11H14N2O. The lowest BCUT2D eigenvalue weighted by atomic mass is 9.94. The fraction of sp³-hybridized carbons (Fsp3) is 0.364. The molecule has 0 amide bonds. The number of hydrazone groups is 1. The topological polar surface area (TPSA) is 35.8 Å². The van der Waals surface area contributed by atoms with Gasteiger partial charge in [0.2, 0.25) is 0 Å². The van der Waals surface area contributed by atoms with Crippen LogP contribution < -0.4 is 5.01 Å². The molecule has 0 bridgehead atoms. The van der Waals surface area contributed by atoms with Crippen molar-refractivity contribution in [2.24, 2.45) is 10.5 Å². The standard InChI is InChI=1S/C11H14N2O/c1-11(9-14)7-12-13(8-11)10-5-3-2-4-6-10/h2-7,14H,8-9H2,1H3. The van der Waals surface area contributed by atoms with Gasteiger partial charge in [0.05, 0.1) is 18.8 Å². The molecule has 1 N–H and O–H groups in total. The summed E-state index contributed by atoms with van der Waals surface area (Å²) in [6.45, 7) is 2.88. The summed E-state index contributed by atoms with van der Waals surface area (Å²) in [4.78, 5) is 0. The van der Waals surface area contributed by atoms with Gasteiger partial charge in [0.25, 0.3) is 0 Å². The highest BCUT2D eigenvalue weighted by molar-refractivity contribution is 5.72. The number of benzene rings is 1. The van der Waals surface area contributed by atoms with E-state index in [4.69, 9.17) is 0 Å². The largest absolute Gasteiger partial charge is 0.395 e. The van der Waals surface area contributed by atoms with Crippen LogP contribution in [0.3, 0.4) is 0 Å². The first-order valence-electron chi connectivity index (χ1n) is 4.72. The number of hydrogen-bond acceptors (Lipinski definition) is 3. The van der Waals surface area contributed by atoms with Crippen molar-refractivity contribution >= 4 is 11.9 Å². The van der Waals surface area contributed by atoms with Crippen molar-refractivity contribution in [3.63, 3.8) is 0 Å². The monoisotopic (exact) mass is 190 g/mol. The zero-order chi connectivity index (χ0) is 10.0. The molecule has 3 heteroatoms. The maximum atomic E-state index is 9.17. The average molecular weight is 190 g/mol. The van der Waals surface area contributed by atoms with E-state index in [0.29, 0.717) is 0 Å². The van der Waals surface area contributed by atoms with Gasteiger partial charge in [-0.2, -0.15) is 5.10 Å². The summed E-state index contributed by atoms with van der Waals surface area (Å²) in [5.74, 6) is 0. The second-order valence-electron chi connectivity index (χ2n) is 3.95. The van der Waals surface area contributed by atoms with Crippen LogP contribution in [0.4, 0.5) is 5.69 Å². The third kappa shape index (κ3) is 1.63. The van der Waals surface area contributed by atoms with Gasteiger partial charge >= 0.3 is 0 Å². The molecule has 1 unspecified atom stereocenters. The SMILES string of the molecule is CC1(CO)C=NN(c2ccccc2)C1. The quantitative estimate of drug-likeness (QED) is 0.767. The molecular weight excluding hydrogens is 176 g/mol. The van der Waals surface area contributed by atoms with E-state index in [1.807, 2.05) is 48.5 Å². The molecule has 0 radical (unpaired) electrons. The van der Waals surface area contributed by atoms with E-state index >= 15 is 0 Å².